The molecule has 0 bridgehead atoms. The van der Waals surface area contributed by atoms with Gasteiger partial charge in [-0.1, -0.05) is 34.1 Å². The van der Waals surface area contributed by atoms with Crippen molar-refractivity contribution < 1.29 is 34.5 Å². The fourth-order valence-corrected chi connectivity index (χ4v) is 2.35. The highest BCUT2D eigenvalue weighted by Crippen LogP contribution is 2.10. The Labute approximate surface area is 170 Å². The van der Waals surface area contributed by atoms with Crippen LogP contribution in [0.3, 0.4) is 0 Å². The molecule has 0 aromatic rings. The quantitative estimate of drug-likeness (QED) is 0.188. The molecule has 11 nitrogen and oxygen atoms in total. The van der Waals surface area contributed by atoms with Crippen LogP contribution in [0.4, 0.5) is 0 Å². The second-order valence-electron chi connectivity index (χ2n) is 7.45. The minimum atomic E-state index is -1.59. The molecule has 6 unspecified atom stereocenters. The number of rotatable bonds is 12. The maximum Gasteiger partial charge on any atom is 0.328 e. The van der Waals surface area contributed by atoms with Gasteiger partial charge in [-0.3, -0.25) is 14.4 Å². The molecule has 0 aromatic carbocycles. The minimum Gasteiger partial charge on any atom is -0.480 e. The fourth-order valence-electron chi connectivity index (χ4n) is 2.35. The normalized spacial score (nSPS) is 17.4. The van der Waals surface area contributed by atoms with Gasteiger partial charge in [-0.2, -0.15) is 0 Å². The molecule has 0 saturated carbocycles. The van der Waals surface area contributed by atoms with Gasteiger partial charge in [0.05, 0.1) is 18.8 Å². The second kappa shape index (κ2) is 12.3. The van der Waals surface area contributed by atoms with E-state index in [9.17, 15) is 24.3 Å². The summed E-state index contributed by atoms with van der Waals surface area (Å²) in [5, 5.41) is 34.8. The predicted molar refractivity (Wildman–Crippen MR) is 104 cm³/mol. The summed E-state index contributed by atoms with van der Waals surface area (Å²) in [5.41, 5.74) is 5.82. The molecule has 29 heavy (non-hydrogen) atoms. The van der Waals surface area contributed by atoms with Crippen molar-refractivity contribution in [1.29, 1.82) is 0 Å². The summed E-state index contributed by atoms with van der Waals surface area (Å²) in [4.78, 5) is 48.3. The first-order valence-electron chi connectivity index (χ1n) is 9.55. The van der Waals surface area contributed by atoms with Crippen molar-refractivity contribution in [2.45, 2.75) is 71.3 Å². The number of amides is 3. The van der Waals surface area contributed by atoms with Crippen molar-refractivity contribution in [3.05, 3.63) is 0 Å². The molecule has 0 aromatic heterocycles. The molecule has 168 valence electrons. The number of hydrogen-bond acceptors (Lipinski definition) is 7. The van der Waals surface area contributed by atoms with E-state index in [0.717, 1.165) is 0 Å². The van der Waals surface area contributed by atoms with Gasteiger partial charge in [0.25, 0.3) is 0 Å². The Bertz CT molecular complexity index is 583. The van der Waals surface area contributed by atoms with Gasteiger partial charge in [-0.25, -0.2) is 4.79 Å². The van der Waals surface area contributed by atoms with E-state index in [1.165, 1.54) is 6.92 Å². The third kappa shape index (κ3) is 8.34. The third-order valence-corrected chi connectivity index (χ3v) is 4.67. The Kier molecular flexibility index (Phi) is 11.4. The van der Waals surface area contributed by atoms with Gasteiger partial charge in [0.2, 0.25) is 17.7 Å². The van der Waals surface area contributed by atoms with Gasteiger partial charge in [-0.15, -0.1) is 0 Å². The zero-order valence-corrected chi connectivity index (χ0v) is 17.5. The molecule has 11 heteroatoms. The number of aliphatic hydroxyl groups excluding tert-OH is 2. The number of aliphatic carboxylic acids is 1. The van der Waals surface area contributed by atoms with E-state index < -0.39 is 60.6 Å². The molecule has 3 amide bonds. The summed E-state index contributed by atoms with van der Waals surface area (Å²) >= 11 is 0. The Balaban J connectivity index is 5.41. The first kappa shape index (κ1) is 26.8. The molecular formula is C18H34N4O7. The monoisotopic (exact) mass is 418 g/mol. The smallest absolute Gasteiger partial charge is 0.328 e. The average molecular weight is 418 g/mol. The lowest BCUT2D eigenvalue weighted by atomic mass is 9.96. The predicted octanol–water partition coefficient (Wildman–Crippen LogP) is -2.07. The molecule has 0 aliphatic heterocycles. The molecule has 0 fully saturated rings. The van der Waals surface area contributed by atoms with Crippen LogP contribution in [0.15, 0.2) is 0 Å². The lowest BCUT2D eigenvalue weighted by Crippen LogP contribution is -2.61. The van der Waals surface area contributed by atoms with E-state index in [-0.39, 0.29) is 11.8 Å². The maximum absolute atomic E-state index is 12.8. The van der Waals surface area contributed by atoms with E-state index in [0.29, 0.717) is 6.42 Å². The molecule has 0 aliphatic rings. The molecule has 0 spiro atoms. The zero-order chi connectivity index (χ0) is 22.9. The van der Waals surface area contributed by atoms with Crippen LogP contribution < -0.4 is 21.7 Å². The lowest BCUT2D eigenvalue weighted by molar-refractivity contribution is -0.144. The van der Waals surface area contributed by atoms with E-state index in [1.807, 2.05) is 12.2 Å². The van der Waals surface area contributed by atoms with Crippen LogP contribution in [0.2, 0.25) is 0 Å². The number of carboxylic acids is 1. The van der Waals surface area contributed by atoms with Crippen molar-refractivity contribution in [1.82, 2.24) is 16.0 Å². The second-order valence-corrected chi connectivity index (χ2v) is 7.45. The third-order valence-electron chi connectivity index (χ3n) is 4.67. The standard InChI is InChI=1S/C18H34N4O7/c1-6-9(4)13(21-15(25)12(19)8(2)3)16(26)22-14(10(5)24)17(27)20-11(7-23)18(28)29/h8-14,23-24H,6-7,19H2,1-5H3,(H,20,27)(H,21,25)(H,22,26)(H,28,29). The van der Waals surface area contributed by atoms with E-state index in [2.05, 4.69) is 10.6 Å². The van der Waals surface area contributed by atoms with Gasteiger partial charge >= 0.3 is 5.97 Å². The van der Waals surface area contributed by atoms with E-state index in [1.54, 1.807) is 20.8 Å². The van der Waals surface area contributed by atoms with Crippen LogP contribution in [0.5, 0.6) is 0 Å². The lowest BCUT2D eigenvalue weighted by Gasteiger charge is -2.29. The topological polar surface area (TPSA) is 191 Å². The molecule has 0 radical (unpaired) electrons. The number of carbonyl (C=O) groups is 4. The van der Waals surface area contributed by atoms with Crippen LogP contribution in [0.1, 0.15) is 41.0 Å². The van der Waals surface area contributed by atoms with Gasteiger partial charge in [-0.05, 0) is 18.8 Å². The molecule has 6 atom stereocenters. The molecule has 0 rings (SSSR count). The average Bonchev–Trinajstić information content (AvgIpc) is 2.65. The Hall–Kier alpha value is -2.24. The highest BCUT2D eigenvalue weighted by molar-refractivity contribution is 5.94. The zero-order valence-electron chi connectivity index (χ0n) is 17.5. The van der Waals surface area contributed by atoms with E-state index >= 15 is 0 Å². The van der Waals surface area contributed by atoms with Crippen LogP contribution in [0, 0.1) is 11.8 Å². The Morgan fingerprint density at radius 1 is 0.897 bits per heavy atom. The van der Waals surface area contributed by atoms with Crippen molar-refractivity contribution in [2.75, 3.05) is 6.61 Å². The summed E-state index contributed by atoms with van der Waals surface area (Å²) in [6.45, 7) is 7.45. The summed E-state index contributed by atoms with van der Waals surface area (Å²) in [6.07, 6.45) is -0.829. The van der Waals surface area contributed by atoms with Gasteiger partial charge < -0.3 is 37.0 Å². The first-order chi connectivity index (χ1) is 13.4. The van der Waals surface area contributed by atoms with Crippen molar-refractivity contribution in [2.24, 2.45) is 17.6 Å². The van der Waals surface area contributed by atoms with Gasteiger partial charge in [0.15, 0.2) is 0 Å². The van der Waals surface area contributed by atoms with Crippen molar-refractivity contribution in [3.8, 4) is 0 Å². The van der Waals surface area contributed by atoms with Crippen LogP contribution in [-0.2, 0) is 19.2 Å². The van der Waals surface area contributed by atoms with Crippen molar-refractivity contribution in [3.63, 3.8) is 0 Å². The summed E-state index contributed by atoms with van der Waals surface area (Å²) in [5.74, 6) is -4.16. The molecule has 0 saturated heterocycles. The minimum absolute atomic E-state index is 0.155. The number of hydrogen-bond donors (Lipinski definition) is 7. The largest absolute Gasteiger partial charge is 0.480 e. The van der Waals surface area contributed by atoms with Gasteiger partial charge in [0, 0.05) is 0 Å². The van der Waals surface area contributed by atoms with Crippen molar-refractivity contribution >= 4 is 23.7 Å². The Morgan fingerprint density at radius 2 is 1.38 bits per heavy atom. The highest BCUT2D eigenvalue weighted by Gasteiger charge is 2.34. The number of aliphatic hydroxyl groups is 2. The number of nitrogens with two attached hydrogens (primary N) is 1. The highest BCUT2D eigenvalue weighted by atomic mass is 16.4. The number of carbonyl (C=O) groups excluding carboxylic acids is 3. The summed E-state index contributed by atoms with van der Waals surface area (Å²) in [6, 6.07) is -4.92. The van der Waals surface area contributed by atoms with Crippen LogP contribution in [0.25, 0.3) is 0 Å². The maximum atomic E-state index is 12.8. The SMILES string of the molecule is CCC(C)C(NC(=O)C(N)C(C)C)C(=O)NC(C(=O)NC(CO)C(=O)O)C(C)O. The van der Waals surface area contributed by atoms with E-state index in [4.69, 9.17) is 15.9 Å². The van der Waals surface area contributed by atoms with Crippen LogP contribution in [-0.4, -0.2) is 75.9 Å². The fraction of sp³-hybridized carbons (Fsp3) is 0.778. The Morgan fingerprint density at radius 3 is 1.76 bits per heavy atom. The van der Waals surface area contributed by atoms with Gasteiger partial charge in [0.1, 0.15) is 18.1 Å². The molecule has 8 N–H and O–H groups in total. The van der Waals surface area contributed by atoms with Crippen LogP contribution >= 0.6 is 0 Å². The first-order valence-corrected chi connectivity index (χ1v) is 9.55. The molecule has 0 aliphatic carbocycles. The summed E-state index contributed by atoms with van der Waals surface area (Å²) < 4.78 is 0. The number of carboxylic acid groups (broad SMARTS) is 1. The molecule has 0 heterocycles. The number of nitrogens with one attached hydrogen (secondary N) is 3. The summed E-state index contributed by atoms with van der Waals surface area (Å²) in [7, 11) is 0. The molecular weight excluding hydrogens is 384 g/mol.